The van der Waals surface area contributed by atoms with Gasteiger partial charge in [-0.25, -0.2) is 4.79 Å². The van der Waals surface area contributed by atoms with Crippen molar-refractivity contribution in [3.63, 3.8) is 0 Å². The number of ether oxygens (including phenoxy) is 2. The monoisotopic (exact) mass is 414 g/mol. The van der Waals surface area contributed by atoms with E-state index in [-0.39, 0.29) is 6.61 Å². The van der Waals surface area contributed by atoms with Crippen LogP contribution in [0.15, 0.2) is 60.7 Å². The maximum Gasteiger partial charge on any atom is 0.407 e. The normalized spacial score (nSPS) is 13.2. The van der Waals surface area contributed by atoms with Crippen molar-refractivity contribution in [2.45, 2.75) is 51.5 Å². The van der Waals surface area contributed by atoms with Gasteiger partial charge in [-0.05, 0) is 38.3 Å². The van der Waals surface area contributed by atoms with Crippen molar-refractivity contribution < 1.29 is 23.9 Å². The number of nitrogens with one attached hydrogen (secondary N) is 2. The van der Waals surface area contributed by atoms with Crippen LogP contribution < -0.4 is 10.8 Å². The molecular formula is C23H30N2O5. The molecule has 7 heteroatoms. The molecule has 2 aromatic carbocycles. The third-order valence-electron chi connectivity index (χ3n) is 4.15. The summed E-state index contributed by atoms with van der Waals surface area (Å²) in [6.45, 7) is 5.58. The van der Waals surface area contributed by atoms with Crippen LogP contribution in [0.5, 0.6) is 0 Å². The van der Waals surface area contributed by atoms with Crippen LogP contribution in [0, 0.1) is 0 Å². The highest BCUT2D eigenvalue weighted by molar-refractivity contribution is 5.78. The van der Waals surface area contributed by atoms with Crippen molar-refractivity contribution >= 4 is 12.1 Å². The molecule has 7 nitrogen and oxygen atoms in total. The molecule has 0 spiro atoms. The first kappa shape index (κ1) is 23.4. The molecule has 2 N–H and O–H groups in total. The molecule has 0 aliphatic rings. The van der Waals surface area contributed by atoms with Crippen molar-refractivity contribution in [3.8, 4) is 0 Å². The second-order valence-electron chi connectivity index (χ2n) is 7.84. The number of hydrogen-bond acceptors (Lipinski definition) is 6. The van der Waals surface area contributed by atoms with E-state index in [9.17, 15) is 9.59 Å². The van der Waals surface area contributed by atoms with Crippen molar-refractivity contribution in [3.05, 3.63) is 71.8 Å². The number of benzene rings is 2. The second kappa shape index (κ2) is 11.3. The topological polar surface area (TPSA) is 85.9 Å². The lowest BCUT2D eigenvalue weighted by Crippen LogP contribution is -2.56. The Hall–Kier alpha value is -2.90. The minimum absolute atomic E-state index is 0.249. The molecule has 2 rings (SSSR count). The van der Waals surface area contributed by atoms with Crippen LogP contribution >= 0.6 is 0 Å². The van der Waals surface area contributed by atoms with Crippen LogP contribution in [0.4, 0.5) is 4.79 Å². The summed E-state index contributed by atoms with van der Waals surface area (Å²) in [6.07, 6.45) is -0.246. The highest BCUT2D eigenvalue weighted by Crippen LogP contribution is 2.12. The third kappa shape index (κ3) is 8.23. The van der Waals surface area contributed by atoms with Crippen molar-refractivity contribution in [1.82, 2.24) is 10.8 Å². The standard InChI is InChI=1S/C23H30N2O5/c1-23(2,3)30-22(27)24-19(15-17-11-7-5-8-12-17)20(21(26)28-4)25-29-16-18-13-9-6-10-14-18/h5-14,19-20,25H,15-16H2,1-4H3,(H,24,27). The van der Waals surface area contributed by atoms with Crippen molar-refractivity contribution in [2.24, 2.45) is 0 Å². The Kier molecular flexibility index (Phi) is 8.83. The largest absolute Gasteiger partial charge is 0.468 e. The average Bonchev–Trinajstić information content (AvgIpc) is 2.70. The molecule has 162 valence electrons. The van der Waals surface area contributed by atoms with Crippen LogP contribution in [0.3, 0.4) is 0 Å². The Labute approximate surface area is 177 Å². The van der Waals surface area contributed by atoms with Crippen LogP contribution in [0.25, 0.3) is 0 Å². The molecule has 0 saturated heterocycles. The number of methoxy groups -OCH3 is 1. The van der Waals surface area contributed by atoms with Gasteiger partial charge in [-0.1, -0.05) is 60.7 Å². The van der Waals surface area contributed by atoms with Crippen molar-refractivity contribution in [2.75, 3.05) is 7.11 Å². The molecular weight excluding hydrogens is 384 g/mol. The molecule has 0 heterocycles. The molecule has 0 bridgehead atoms. The van der Waals surface area contributed by atoms with Gasteiger partial charge in [0.15, 0.2) is 6.04 Å². The zero-order chi connectivity index (χ0) is 22.0. The number of amides is 1. The fourth-order valence-corrected chi connectivity index (χ4v) is 2.79. The predicted molar refractivity (Wildman–Crippen MR) is 113 cm³/mol. The number of carbonyl (C=O) groups excluding carboxylic acids is 2. The van der Waals surface area contributed by atoms with E-state index in [1.165, 1.54) is 7.11 Å². The Balaban J connectivity index is 2.15. The van der Waals surface area contributed by atoms with Gasteiger partial charge in [0.2, 0.25) is 0 Å². The van der Waals surface area contributed by atoms with E-state index in [0.717, 1.165) is 11.1 Å². The van der Waals surface area contributed by atoms with Crippen LogP contribution in [-0.4, -0.2) is 36.9 Å². The van der Waals surface area contributed by atoms with Gasteiger partial charge in [0, 0.05) is 0 Å². The summed E-state index contributed by atoms with van der Waals surface area (Å²) in [6, 6.07) is 17.5. The smallest absolute Gasteiger partial charge is 0.407 e. The summed E-state index contributed by atoms with van der Waals surface area (Å²) >= 11 is 0. The fourth-order valence-electron chi connectivity index (χ4n) is 2.79. The van der Waals surface area contributed by atoms with Gasteiger partial charge in [-0.2, -0.15) is 5.48 Å². The highest BCUT2D eigenvalue weighted by Gasteiger charge is 2.32. The molecule has 0 aliphatic carbocycles. The lowest BCUT2D eigenvalue weighted by Gasteiger charge is -2.28. The summed E-state index contributed by atoms with van der Waals surface area (Å²) < 4.78 is 10.3. The predicted octanol–water partition coefficient (Wildman–Crippen LogP) is 3.39. The van der Waals surface area contributed by atoms with Crippen LogP contribution in [0.1, 0.15) is 31.9 Å². The van der Waals surface area contributed by atoms with E-state index >= 15 is 0 Å². The summed E-state index contributed by atoms with van der Waals surface area (Å²) in [5.41, 5.74) is 3.98. The summed E-state index contributed by atoms with van der Waals surface area (Å²) in [7, 11) is 1.29. The Morgan fingerprint density at radius 2 is 1.50 bits per heavy atom. The molecule has 0 radical (unpaired) electrons. The number of rotatable bonds is 9. The molecule has 0 aromatic heterocycles. The maximum atomic E-state index is 12.5. The van der Waals surface area contributed by atoms with Gasteiger partial charge < -0.3 is 14.8 Å². The summed E-state index contributed by atoms with van der Waals surface area (Å²) in [5, 5.41) is 2.78. The molecule has 0 fully saturated rings. The molecule has 0 saturated carbocycles. The third-order valence-corrected chi connectivity index (χ3v) is 4.15. The van der Waals surface area contributed by atoms with Crippen LogP contribution in [0.2, 0.25) is 0 Å². The fraction of sp³-hybridized carbons (Fsp3) is 0.391. The second-order valence-corrected chi connectivity index (χ2v) is 7.84. The maximum absolute atomic E-state index is 12.5. The first-order valence-electron chi connectivity index (χ1n) is 9.81. The molecule has 2 unspecified atom stereocenters. The molecule has 2 atom stereocenters. The summed E-state index contributed by atoms with van der Waals surface area (Å²) in [4.78, 5) is 30.5. The van der Waals surface area contributed by atoms with Gasteiger partial charge in [0.25, 0.3) is 0 Å². The summed E-state index contributed by atoms with van der Waals surface area (Å²) in [5.74, 6) is -0.556. The Morgan fingerprint density at radius 1 is 0.933 bits per heavy atom. The first-order chi connectivity index (χ1) is 14.3. The lowest BCUT2D eigenvalue weighted by atomic mass is 10.00. The number of carbonyl (C=O) groups is 2. The number of hydroxylamine groups is 1. The number of alkyl carbamates (subject to hydrolysis) is 1. The van der Waals surface area contributed by atoms with Crippen molar-refractivity contribution in [1.29, 1.82) is 0 Å². The molecule has 0 aliphatic heterocycles. The van der Waals surface area contributed by atoms with Gasteiger partial charge in [0.05, 0.1) is 19.8 Å². The minimum atomic E-state index is -0.938. The van der Waals surface area contributed by atoms with Gasteiger partial charge in [-0.3, -0.25) is 9.63 Å². The van der Waals surface area contributed by atoms with Crippen LogP contribution in [-0.2, 0) is 32.1 Å². The van der Waals surface area contributed by atoms with E-state index in [0.29, 0.717) is 6.42 Å². The zero-order valence-corrected chi connectivity index (χ0v) is 17.9. The Morgan fingerprint density at radius 3 is 2.03 bits per heavy atom. The molecule has 2 aromatic rings. The first-order valence-corrected chi connectivity index (χ1v) is 9.81. The van der Waals surface area contributed by atoms with Gasteiger partial charge in [-0.15, -0.1) is 0 Å². The Bertz CT molecular complexity index is 790. The average molecular weight is 415 g/mol. The molecule has 1 amide bonds. The van der Waals surface area contributed by atoms with Gasteiger partial charge >= 0.3 is 12.1 Å². The SMILES string of the molecule is COC(=O)C(NOCc1ccccc1)C(Cc1ccccc1)NC(=O)OC(C)(C)C. The van der Waals surface area contributed by atoms with E-state index in [1.807, 2.05) is 60.7 Å². The van der Waals surface area contributed by atoms with E-state index in [4.69, 9.17) is 14.3 Å². The molecule has 30 heavy (non-hydrogen) atoms. The number of esters is 1. The number of hydrogen-bond donors (Lipinski definition) is 2. The van der Waals surface area contributed by atoms with E-state index in [1.54, 1.807) is 20.8 Å². The lowest BCUT2D eigenvalue weighted by molar-refractivity contribution is -0.149. The van der Waals surface area contributed by atoms with E-state index in [2.05, 4.69) is 10.8 Å². The quantitative estimate of drug-likeness (QED) is 0.483. The van der Waals surface area contributed by atoms with Gasteiger partial charge in [0.1, 0.15) is 5.60 Å². The zero-order valence-electron chi connectivity index (χ0n) is 17.9. The highest BCUT2D eigenvalue weighted by atomic mass is 16.6. The minimum Gasteiger partial charge on any atom is -0.468 e. The van der Waals surface area contributed by atoms with E-state index < -0.39 is 29.7 Å².